The van der Waals surface area contributed by atoms with Crippen LogP contribution < -0.4 is 5.32 Å². The van der Waals surface area contributed by atoms with E-state index in [1.54, 1.807) is 30.3 Å². The summed E-state index contributed by atoms with van der Waals surface area (Å²) in [4.78, 5) is 13.3. The predicted molar refractivity (Wildman–Crippen MR) is 109 cm³/mol. The lowest BCUT2D eigenvalue weighted by molar-refractivity contribution is -0.217. The van der Waals surface area contributed by atoms with Gasteiger partial charge in [0.25, 0.3) is 0 Å². The van der Waals surface area contributed by atoms with Crippen LogP contribution in [0, 0.1) is 0 Å². The highest BCUT2D eigenvalue weighted by molar-refractivity contribution is 5.75. The van der Waals surface area contributed by atoms with Crippen LogP contribution in [-0.4, -0.2) is 43.1 Å². The van der Waals surface area contributed by atoms with Crippen molar-refractivity contribution in [2.75, 3.05) is 19.7 Å². The number of carbonyl (C=O) groups excluding carboxylic acids is 1. The van der Waals surface area contributed by atoms with E-state index in [1.165, 1.54) is 0 Å². The average Bonchev–Trinajstić information content (AvgIpc) is 3.21. The molecule has 3 atom stereocenters. The molecule has 0 spiro atoms. The van der Waals surface area contributed by atoms with E-state index in [2.05, 4.69) is 15.5 Å². The normalized spacial score (nSPS) is 23.5. The number of nitrogens with zero attached hydrogens (tertiary/aromatic N) is 3. The van der Waals surface area contributed by atoms with Crippen LogP contribution in [0.2, 0.25) is 0 Å². The molecule has 188 valence electrons. The molecule has 35 heavy (non-hydrogen) atoms. The Morgan fingerprint density at radius 2 is 1.69 bits per heavy atom. The Kier molecular flexibility index (Phi) is 7.10. The largest absolute Gasteiger partial charge is 0.416 e. The van der Waals surface area contributed by atoms with E-state index in [0.29, 0.717) is 18.7 Å². The van der Waals surface area contributed by atoms with Crippen molar-refractivity contribution in [1.29, 1.82) is 0 Å². The first-order valence-electron chi connectivity index (χ1n) is 10.5. The summed E-state index contributed by atoms with van der Waals surface area (Å²) in [6.07, 6.45) is -11.5. The molecule has 2 aromatic rings. The van der Waals surface area contributed by atoms with E-state index in [-0.39, 0.29) is 24.8 Å². The number of carbonyl (C=O) groups is 1. The second kappa shape index (κ2) is 9.91. The van der Waals surface area contributed by atoms with Crippen LogP contribution in [0.15, 0.2) is 58.8 Å². The topological polar surface area (TPSA) is 75.5 Å². The fourth-order valence-corrected chi connectivity index (χ4v) is 3.96. The fourth-order valence-electron chi connectivity index (χ4n) is 3.96. The van der Waals surface area contributed by atoms with Crippen molar-refractivity contribution in [1.82, 2.24) is 10.2 Å². The van der Waals surface area contributed by atoms with Gasteiger partial charge in [-0.2, -0.15) is 31.5 Å². The molecular weight excluding hydrogens is 482 g/mol. The third-order valence-electron chi connectivity index (χ3n) is 5.50. The summed E-state index contributed by atoms with van der Waals surface area (Å²) in [5.74, 6) is 0. The molecule has 3 unspecified atom stereocenters. The first-order chi connectivity index (χ1) is 16.5. The number of halogens is 6. The number of ether oxygens (including phenoxy) is 2. The standard InChI is InChI=1S/C22H20F6N4O3/c23-21(24,25)15-8-13(9-16(10-15)22(26,27)28)12-35-19-18(14-4-2-1-3-5-14)32(6-7-34-19)11-17-29-20(33)31-30-17/h1-5,8-10,17-19H,6-7,11-12H2,(H,29,33). The molecule has 2 heterocycles. The van der Waals surface area contributed by atoms with Crippen LogP contribution in [0.4, 0.5) is 31.1 Å². The molecule has 0 radical (unpaired) electrons. The fraction of sp³-hybridized carbons (Fsp3) is 0.409. The van der Waals surface area contributed by atoms with E-state index in [4.69, 9.17) is 9.47 Å². The smallest absolute Gasteiger partial charge is 0.349 e. The van der Waals surface area contributed by atoms with Gasteiger partial charge in [-0.1, -0.05) is 35.4 Å². The maximum absolute atomic E-state index is 13.2. The van der Waals surface area contributed by atoms with Gasteiger partial charge < -0.3 is 14.8 Å². The van der Waals surface area contributed by atoms with Gasteiger partial charge >= 0.3 is 18.4 Å². The number of nitrogens with one attached hydrogen (secondary N) is 1. The molecule has 2 aliphatic rings. The van der Waals surface area contributed by atoms with Crippen molar-refractivity contribution in [3.63, 3.8) is 0 Å². The number of amides is 2. The zero-order chi connectivity index (χ0) is 25.2. The summed E-state index contributed by atoms with van der Waals surface area (Å²) >= 11 is 0. The highest BCUT2D eigenvalue weighted by atomic mass is 19.4. The zero-order valence-corrected chi connectivity index (χ0v) is 18.0. The molecule has 2 aliphatic heterocycles. The van der Waals surface area contributed by atoms with E-state index in [1.807, 2.05) is 4.90 Å². The Balaban J connectivity index is 1.57. The minimum atomic E-state index is -4.96. The summed E-state index contributed by atoms with van der Waals surface area (Å²) in [5, 5.41) is 9.86. The third-order valence-corrected chi connectivity index (χ3v) is 5.50. The van der Waals surface area contributed by atoms with Gasteiger partial charge in [0, 0.05) is 13.1 Å². The SMILES string of the molecule is O=C1N=NC(CN2CCOC(OCc3cc(C(F)(F)F)cc(C(F)(F)F)c3)C2c2ccccc2)N1. The Hall–Kier alpha value is -3.03. The lowest BCUT2D eigenvalue weighted by Gasteiger charge is -2.41. The van der Waals surface area contributed by atoms with Crippen molar-refractivity contribution in [2.24, 2.45) is 10.2 Å². The Morgan fingerprint density at radius 1 is 1.03 bits per heavy atom. The van der Waals surface area contributed by atoms with Gasteiger partial charge in [-0.25, -0.2) is 4.79 Å². The molecule has 2 aromatic carbocycles. The van der Waals surface area contributed by atoms with Gasteiger partial charge in [0.05, 0.1) is 30.4 Å². The van der Waals surface area contributed by atoms with E-state index in [0.717, 1.165) is 5.56 Å². The molecule has 2 amide bonds. The molecule has 0 aliphatic carbocycles. The summed E-state index contributed by atoms with van der Waals surface area (Å²) in [6, 6.07) is 9.12. The monoisotopic (exact) mass is 502 g/mol. The second-order valence-corrected chi connectivity index (χ2v) is 8.00. The van der Waals surface area contributed by atoms with Crippen molar-refractivity contribution in [3.8, 4) is 0 Å². The number of alkyl halides is 6. The molecular formula is C22H20F6N4O3. The van der Waals surface area contributed by atoms with Crippen molar-refractivity contribution in [3.05, 3.63) is 70.8 Å². The Bertz CT molecular complexity index is 1040. The van der Waals surface area contributed by atoms with Crippen LogP contribution >= 0.6 is 0 Å². The Labute approximate surface area is 195 Å². The van der Waals surface area contributed by atoms with Crippen LogP contribution in [0.1, 0.15) is 28.3 Å². The van der Waals surface area contributed by atoms with E-state index in [9.17, 15) is 31.1 Å². The van der Waals surface area contributed by atoms with Crippen molar-refractivity contribution in [2.45, 2.75) is 37.5 Å². The number of morpholine rings is 1. The van der Waals surface area contributed by atoms with Gasteiger partial charge in [-0.3, -0.25) is 4.90 Å². The lowest BCUT2D eigenvalue weighted by Crippen LogP contribution is -2.50. The zero-order valence-electron chi connectivity index (χ0n) is 18.0. The highest BCUT2D eigenvalue weighted by Gasteiger charge is 2.39. The molecule has 7 nitrogen and oxygen atoms in total. The molecule has 1 fully saturated rings. The van der Waals surface area contributed by atoms with E-state index >= 15 is 0 Å². The number of hydrogen-bond donors (Lipinski definition) is 1. The first kappa shape index (κ1) is 25.1. The number of rotatable bonds is 6. The van der Waals surface area contributed by atoms with Crippen LogP contribution in [-0.2, 0) is 28.4 Å². The summed E-state index contributed by atoms with van der Waals surface area (Å²) in [6.45, 7) is 0.305. The third kappa shape index (κ3) is 6.16. The Morgan fingerprint density at radius 3 is 2.26 bits per heavy atom. The summed E-state index contributed by atoms with van der Waals surface area (Å²) in [5.41, 5.74) is -2.38. The van der Waals surface area contributed by atoms with Crippen molar-refractivity contribution < 1.29 is 40.6 Å². The van der Waals surface area contributed by atoms with Gasteiger partial charge in [-0.05, 0) is 29.3 Å². The number of azo groups is 1. The van der Waals surface area contributed by atoms with Crippen LogP contribution in [0.5, 0.6) is 0 Å². The average molecular weight is 502 g/mol. The molecule has 1 N–H and O–H groups in total. The summed E-state index contributed by atoms with van der Waals surface area (Å²) in [7, 11) is 0. The van der Waals surface area contributed by atoms with Crippen molar-refractivity contribution >= 4 is 6.03 Å². The van der Waals surface area contributed by atoms with Gasteiger partial charge in [0.1, 0.15) is 0 Å². The second-order valence-electron chi connectivity index (χ2n) is 8.00. The van der Waals surface area contributed by atoms with Gasteiger partial charge in [0.15, 0.2) is 12.5 Å². The maximum Gasteiger partial charge on any atom is 0.416 e. The van der Waals surface area contributed by atoms with Gasteiger partial charge in [-0.15, -0.1) is 0 Å². The van der Waals surface area contributed by atoms with E-state index < -0.39 is 54.6 Å². The lowest BCUT2D eigenvalue weighted by atomic mass is 10.0. The molecule has 0 aromatic heterocycles. The van der Waals surface area contributed by atoms with Crippen LogP contribution in [0.25, 0.3) is 0 Å². The van der Waals surface area contributed by atoms with Crippen LogP contribution in [0.3, 0.4) is 0 Å². The minimum absolute atomic E-state index is 0.0690. The molecule has 4 rings (SSSR count). The minimum Gasteiger partial charge on any atom is -0.349 e. The predicted octanol–water partition coefficient (Wildman–Crippen LogP) is 5.14. The maximum atomic E-state index is 13.2. The van der Waals surface area contributed by atoms with Gasteiger partial charge in [0.2, 0.25) is 0 Å². The molecule has 0 saturated carbocycles. The highest BCUT2D eigenvalue weighted by Crippen LogP contribution is 2.37. The summed E-state index contributed by atoms with van der Waals surface area (Å²) < 4.78 is 90.7. The number of hydrogen-bond acceptors (Lipinski definition) is 5. The molecule has 0 bridgehead atoms. The quantitative estimate of drug-likeness (QED) is 0.555. The number of urea groups is 1. The first-order valence-corrected chi connectivity index (χ1v) is 10.5. The number of benzene rings is 2. The molecule has 1 saturated heterocycles. The molecule has 13 heteroatoms.